The van der Waals surface area contributed by atoms with Crippen LogP contribution in [0.4, 0.5) is 5.69 Å². The smallest absolute Gasteiger partial charge is 0.192 e. The monoisotopic (exact) mass is 374 g/mol. The molecule has 2 heterocycles. The molecule has 1 aromatic carbocycles. The van der Waals surface area contributed by atoms with Crippen molar-refractivity contribution in [3.05, 3.63) is 30.3 Å². The average molecular weight is 375 g/mol. The van der Waals surface area contributed by atoms with Crippen LogP contribution in [0.2, 0.25) is 18.1 Å². The van der Waals surface area contributed by atoms with E-state index in [0.29, 0.717) is 11.1 Å². The van der Waals surface area contributed by atoms with Crippen LogP contribution in [0.5, 0.6) is 0 Å². The second kappa shape index (κ2) is 8.03. The van der Waals surface area contributed by atoms with Crippen molar-refractivity contribution in [1.82, 2.24) is 4.90 Å². The Labute approximate surface area is 161 Å². The second-order valence-electron chi connectivity index (χ2n) is 9.67. The number of hydrogen-bond acceptors (Lipinski definition) is 3. The van der Waals surface area contributed by atoms with Crippen molar-refractivity contribution in [3.63, 3.8) is 0 Å². The van der Waals surface area contributed by atoms with E-state index in [1.807, 2.05) is 0 Å². The summed E-state index contributed by atoms with van der Waals surface area (Å²) in [5.41, 5.74) is 1.38. The van der Waals surface area contributed by atoms with Crippen molar-refractivity contribution < 1.29 is 4.43 Å². The Morgan fingerprint density at radius 1 is 0.885 bits per heavy atom. The van der Waals surface area contributed by atoms with Gasteiger partial charge in [-0.2, -0.15) is 0 Å². The van der Waals surface area contributed by atoms with E-state index in [1.165, 1.54) is 57.5 Å². The first kappa shape index (κ1) is 19.9. The number of hydrogen-bond donors (Lipinski definition) is 0. The largest absolute Gasteiger partial charge is 0.414 e. The molecule has 3 rings (SSSR count). The molecule has 2 saturated heterocycles. The molecule has 0 atom stereocenters. The molecule has 0 bridgehead atoms. The van der Waals surface area contributed by atoms with Crippen molar-refractivity contribution in [3.8, 4) is 0 Å². The van der Waals surface area contributed by atoms with Gasteiger partial charge in [0.15, 0.2) is 8.32 Å². The van der Waals surface area contributed by atoms with E-state index in [1.54, 1.807) is 0 Å². The molecule has 0 N–H and O–H groups in total. The third-order valence-corrected chi connectivity index (χ3v) is 11.4. The molecule has 3 nitrogen and oxygen atoms in total. The molecule has 2 fully saturated rings. The Bertz CT molecular complexity index is 553. The molecule has 0 aromatic heterocycles. The summed E-state index contributed by atoms with van der Waals surface area (Å²) in [6, 6.07) is 11.6. The van der Waals surface area contributed by atoms with E-state index >= 15 is 0 Å². The lowest BCUT2D eigenvalue weighted by Crippen LogP contribution is -2.51. The van der Waals surface area contributed by atoms with Gasteiger partial charge in [-0.3, -0.25) is 0 Å². The molecule has 0 unspecified atom stereocenters. The van der Waals surface area contributed by atoms with E-state index in [2.05, 4.69) is 74.0 Å². The molecular weight excluding hydrogens is 336 g/mol. The summed E-state index contributed by atoms with van der Waals surface area (Å²) in [5, 5.41) is 0.314. The van der Waals surface area contributed by atoms with Gasteiger partial charge in [0, 0.05) is 44.0 Å². The molecule has 2 aliphatic heterocycles. The number of benzene rings is 1. The maximum atomic E-state index is 6.66. The Morgan fingerprint density at radius 2 is 1.46 bits per heavy atom. The van der Waals surface area contributed by atoms with Crippen molar-refractivity contribution in [2.75, 3.05) is 31.1 Å². The number of para-hydroxylation sites is 1. The second-order valence-corrected chi connectivity index (χ2v) is 14.4. The molecule has 0 aliphatic carbocycles. The minimum Gasteiger partial charge on any atom is -0.414 e. The number of nitrogens with zero attached hydrogens (tertiary/aromatic N) is 2. The molecule has 0 saturated carbocycles. The highest BCUT2D eigenvalue weighted by molar-refractivity contribution is 6.74. The minimum absolute atomic E-state index is 0.314. The zero-order valence-corrected chi connectivity index (χ0v) is 18.5. The summed E-state index contributed by atoms with van der Waals surface area (Å²) in [6.07, 6.45) is 5.50. The Kier molecular flexibility index (Phi) is 6.15. The Morgan fingerprint density at radius 3 is 2.00 bits per heavy atom. The van der Waals surface area contributed by atoms with Gasteiger partial charge in [-0.1, -0.05) is 39.0 Å². The predicted molar refractivity (Wildman–Crippen MR) is 115 cm³/mol. The maximum absolute atomic E-state index is 6.66. The van der Waals surface area contributed by atoms with Crippen molar-refractivity contribution in [1.29, 1.82) is 0 Å². The fourth-order valence-electron chi connectivity index (χ4n) is 4.08. The van der Waals surface area contributed by atoms with Crippen molar-refractivity contribution in [2.45, 2.75) is 76.7 Å². The average Bonchev–Trinajstić information content (AvgIpc) is 2.62. The summed E-state index contributed by atoms with van der Waals surface area (Å²) in [5.74, 6) is 0. The highest BCUT2D eigenvalue weighted by Gasteiger charge is 2.40. The first-order valence-corrected chi connectivity index (χ1v) is 13.4. The van der Waals surface area contributed by atoms with Crippen molar-refractivity contribution in [2.24, 2.45) is 0 Å². The lowest BCUT2D eigenvalue weighted by atomic mass is 9.98. The van der Waals surface area contributed by atoms with E-state index in [-0.39, 0.29) is 0 Å². The molecule has 1 aromatic rings. The maximum Gasteiger partial charge on any atom is 0.192 e. The standard InChI is InChI=1S/C22H38N2OSi/c1-22(2,3)26(4,5)25-21-13-17-24(18-14-21)20-11-15-23(16-12-20)19-9-7-6-8-10-19/h6-10,20-21H,11-18H2,1-5H3. The van der Waals surface area contributed by atoms with Gasteiger partial charge in [-0.25, -0.2) is 0 Å². The van der Waals surface area contributed by atoms with Crippen LogP contribution in [0.3, 0.4) is 0 Å². The van der Waals surface area contributed by atoms with Gasteiger partial charge < -0.3 is 14.2 Å². The van der Waals surface area contributed by atoms with Crippen LogP contribution < -0.4 is 4.90 Å². The third kappa shape index (κ3) is 4.70. The molecular formula is C22H38N2OSi. The van der Waals surface area contributed by atoms with Gasteiger partial charge in [-0.15, -0.1) is 0 Å². The molecule has 0 spiro atoms. The van der Waals surface area contributed by atoms with Gasteiger partial charge in [-0.05, 0) is 55.9 Å². The van der Waals surface area contributed by atoms with Crippen LogP contribution in [-0.4, -0.2) is 51.5 Å². The van der Waals surface area contributed by atoms with Crippen LogP contribution in [-0.2, 0) is 4.43 Å². The number of rotatable bonds is 4. The van der Waals surface area contributed by atoms with Crippen LogP contribution in [0.25, 0.3) is 0 Å². The zero-order valence-electron chi connectivity index (χ0n) is 17.5. The summed E-state index contributed by atoms with van der Waals surface area (Å²) < 4.78 is 6.66. The summed E-state index contributed by atoms with van der Waals surface area (Å²) in [7, 11) is -1.63. The molecule has 146 valence electrons. The summed E-state index contributed by atoms with van der Waals surface area (Å²) in [6.45, 7) is 16.6. The SMILES string of the molecule is CC(C)(C)[Si](C)(C)OC1CCN(C2CCN(c3ccccc3)CC2)CC1. The quantitative estimate of drug-likeness (QED) is 0.679. The van der Waals surface area contributed by atoms with Crippen molar-refractivity contribution >= 4 is 14.0 Å². The van der Waals surface area contributed by atoms with Gasteiger partial charge in [0.1, 0.15) is 0 Å². The molecule has 26 heavy (non-hydrogen) atoms. The van der Waals surface area contributed by atoms with Gasteiger partial charge in [0.05, 0.1) is 0 Å². The highest BCUT2D eigenvalue weighted by atomic mass is 28.4. The summed E-state index contributed by atoms with van der Waals surface area (Å²) in [4.78, 5) is 5.29. The van der Waals surface area contributed by atoms with Crippen LogP contribution in [0, 0.1) is 0 Å². The zero-order chi connectivity index (χ0) is 18.8. The predicted octanol–water partition coefficient (Wildman–Crippen LogP) is 5.14. The molecule has 0 amide bonds. The fourth-order valence-corrected chi connectivity index (χ4v) is 5.50. The number of likely N-dealkylation sites (tertiary alicyclic amines) is 1. The molecule has 0 radical (unpaired) electrons. The first-order valence-electron chi connectivity index (χ1n) is 10.5. The first-order chi connectivity index (χ1) is 12.3. The van der Waals surface area contributed by atoms with Crippen LogP contribution in [0.15, 0.2) is 30.3 Å². The normalized spacial score (nSPS) is 22.0. The Balaban J connectivity index is 1.45. The Hall–Kier alpha value is -0.843. The van der Waals surface area contributed by atoms with E-state index in [4.69, 9.17) is 4.43 Å². The fraction of sp³-hybridized carbons (Fsp3) is 0.727. The molecule has 2 aliphatic rings. The topological polar surface area (TPSA) is 15.7 Å². The third-order valence-electron chi connectivity index (χ3n) is 6.85. The number of anilines is 1. The van der Waals surface area contributed by atoms with Gasteiger partial charge >= 0.3 is 0 Å². The lowest BCUT2D eigenvalue weighted by molar-refractivity contribution is 0.0600. The van der Waals surface area contributed by atoms with Gasteiger partial charge in [0.2, 0.25) is 0 Å². The molecule has 4 heteroatoms. The van der Waals surface area contributed by atoms with Crippen LogP contribution >= 0.6 is 0 Å². The lowest BCUT2D eigenvalue weighted by Gasteiger charge is -2.45. The minimum atomic E-state index is -1.63. The van der Waals surface area contributed by atoms with Gasteiger partial charge in [0.25, 0.3) is 0 Å². The summed E-state index contributed by atoms with van der Waals surface area (Å²) >= 11 is 0. The highest BCUT2D eigenvalue weighted by Crippen LogP contribution is 2.38. The van der Waals surface area contributed by atoms with E-state index in [0.717, 1.165) is 6.04 Å². The van der Waals surface area contributed by atoms with E-state index in [9.17, 15) is 0 Å². The van der Waals surface area contributed by atoms with E-state index < -0.39 is 8.32 Å². The number of piperidine rings is 2. The van der Waals surface area contributed by atoms with Crippen LogP contribution in [0.1, 0.15) is 46.5 Å².